The maximum Gasteiger partial charge on any atom is 0.277 e. The topological polar surface area (TPSA) is 50.4 Å². The molecule has 1 amide bonds. The lowest BCUT2D eigenvalue weighted by Crippen LogP contribution is -2.24. The van der Waals surface area contributed by atoms with E-state index in [1.54, 1.807) is 6.07 Å². The van der Waals surface area contributed by atoms with E-state index in [0.29, 0.717) is 0 Å². The molecule has 0 aliphatic rings. The highest BCUT2D eigenvalue weighted by atomic mass is 127. The number of para-hydroxylation sites is 1. The molecule has 1 heterocycles. The second kappa shape index (κ2) is 8.61. The van der Waals surface area contributed by atoms with Crippen LogP contribution in [0.5, 0.6) is 0 Å². The van der Waals surface area contributed by atoms with E-state index in [0.717, 1.165) is 19.7 Å². The summed E-state index contributed by atoms with van der Waals surface area (Å²) < 4.78 is 15.5. The summed E-state index contributed by atoms with van der Waals surface area (Å²) in [7, 11) is 0. The van der Waals surface area contributed by atoms with Gasteiger partial charge in [-0.2, -0.15) is 0 Å². The van der Waals surface area contributed by atoms with Crippen LogP contribution in [0.4, 0.5) is 15.8 Å². The highest BCUT2D eigenvalue weighted by Crippen LogP contribution is 2.27. The number of anilines is 2. The van der Waals surface area contributed by atoms with E-state index in [1.165, 1.54) is 23.5 Å². The monoisotopic (exact) mass is 482 g/mol. The van der Waals surface area contributed by atoms with Gasteiger partial charge >= 0.3 is 0 Å². The van der Waals surface area contributed by atoms with Crippen molar-refractivity contribution in [3.05, 3.63) is 79.3 Å². The molecule has 1 aromatic heterocycles. The molecule has 2 aromatic carbocycles. The Kier molecular flexibility index (Phi) is 6.23. The summed E-state index contributed by atoms with van der Waals surface area (Å²) >= 11 is 3.75. The summed E-state index contributed by atoms with van der Waals surface area (Å²) in [6, 6.07) is 13.9. The van der Waals surface area contributed by atoms with Crippen LogP contribution in [0.15, 0.2) is 53.9 Å². The zero-order valence-corrected chi connectivity index (χ0v) is 16.9. The standard InChI is InChI=1S/C19H16FIN2O2S/c1-12-10-13(21)7-8-17(12)22-18-15(5-2-6-16(18)20)19(24)23-25-11-14-4-3-9-26-14/h2-10,22H,11H2,1H3,(H,23,24). The van der Waals surface area contributed by atoms with Crippen molar-refractivity contribution < 1.29 is 14.0 Å². The summed E-state index contributed by atoms with van der Waals surface area (Å²) in [5, 5.41) is 4.96. The number of halogens is 2. The Bertz CT molecular complexity index is 916. The van der Waals surface area contributed by atoms with E-state index in [1.807, 2.05) is 42.6 Å². The van der Waals surface area contributed by atoms with E-state index in [-0.39, 0.29) is 17.9 Å². The molecule has 0 spiro atoms. The lowest BCUT2D eigenvalue weighted by atomic mass is 10.1. The molecule has 26 heavy (non-hydrogen) atoms. The van der Waals surface area contributed by atoms with Gasteiger partial charge in [0.05, 0.1) is 11.3 Å². The minimum atomic E-state index is -0.508. The Labute approximate surface area is 168 Å². The van der Waals surface area contributed by atoms with Crippen LogP contribution in [-0.2, 0) is 11.4 Å². The van der Waals surface area contributed by atoms with E-state index in [9.17, 15) is 9.18 Å². The number of amides is 1. The van der Waals surface area contributed by atoms with Crippen molar-refractivity contribution in [2.45, 2.75) is 13.5 Å². The Hall–Kier alpha value is -1.97. The molecule has 4 nitrogen and oxygen atoms in total. The number of benzene rings is 2. The second-order valence-corrected chi connectivity index (χ2v) is 7.82. The molecular weight excluding hydrogens is 466 g/mol. The zero-order valence-electron chi connectivity index (χ0n) is 13.9. The molecular formula is C19H16FIN2O2S. The summed E-state index contributed by atoms with van der Waals surface area (Å²) in [6.07, 6.45) is 0. The van der Waals surface area contributed by atoms with Crippen molar-refractivity contribution in [2.75, 3.05) is 5.32 Å². The molecule has 2 N–H and O–H groups in total. The van der Waals surface area contributed by atoms with Crippen LogP contribution in [0.25, 0.3) is 0 Å². The van der Waals surface area contributed by atoms with Gasteiger partial charge in [-0.15, -0.1) is 11.3 Å². The molecule has 134 valence electrons. The van der Waals surface area contributed by atoms with Crippen LogP contribution in [-0.4, -0.2) is 5.91 Å². The molecule has 0 saturated carbocycles. The van der Waals surface area contributed by atoms with Gasteiger partial charge in [-0.25, -0.2) is 9.87 Å². The molecule has 3 rings (SSSR count). The maximum atomic E-state index is 14.4. The summed E-state index contributed by atoms with van der Waals surface area (Å²) in [5.74, 6) is -1.01. The third-order valence-corrected chi connectivity index (χ3v) is 5.19. The normalized spacial score (nSPS) is 10.6. The lowest BCUT2D eigenvalue weighted by molar-refractivity contribution is 0.0243. The first-order valence-corrected chi connectivity index (χ1v) is 9.76. The predicted molar refractivity (Wildman–Crippen MR) is 110 cm³/mol. The van der Waals surface area contributed by atoms with Crippen molar-refractivity contribution in [2.24, 2.45) is 0 Å². The number of hydroxylamine groups is 1. The first-order valence-electron chi connectivity index (χ1n) is 7.81. The molecule has 0 aliphatic heterocycles. The van der Waals surface area contributed by atoms with Gasteiger partial charge in [-0.3, -0.25) is 9.63 Å². The van der Waals surface area contributed by atoms with Gasteiger partial charge in [-0.1, -0.05) is 12.1 Å². The van der Waals surface area contributed by atoms with Crippen molar-refractivity contribution in [1.29, 1.82) is 0 Å². The van der Waals surface area contributed by atoms with E-state index >= 15 is 0 Å². The second-order valence-electron chi connectivity index (χ2n) is 5.55. The van der Waals surface area contributed by atoms with Gasteiger partial charge in [-0.05, 0) is 76.9 Å². The molecule has 0 saturated heterocycles. The van der Waals surface area contributed by atoms with Crippen LogP contribution < -0.4 is 10.8 Å². The van der Waals surface area contributed by atoms with Crippen molar-refractivity contribution in [3.63, 3.8) is 0 Å². The largest absolute Gasteiger partial charge is 0.352 e. The average Bonchev–Trinajstić information content (AvgIpc) is 3.12. The van der Waals surface area contributed by atoms with E-state index < -0.39 is 11.7 Å². The minimum Gasteiger partial charge on any atom is -0.352 e. The van der Waals surface area contributed by atoms with Crippen molar-refractivity contribution >= 4 is 51.2 Å². The fourth-order valence-corrected chi connectivity index (χ4v) is 3.63. The Morgan fingerprint density at radius 1 is 1.23 bits per heavy atom. The third kappa shape index (κ3) is 4.60. The Morgan fingerprint density at radius 2 is 2.08 bits per heavy atom. The molecule has 0 aliphatic carbocycles. The highest BCUT2D eigenvalue weighted by Gasteiger charge is 2.16. The lowest BCUT2D eigenvalue weighted by Gasteiger charge is -2.15. The number of carbonyl (C=O) groups is 1. The SMILES string of the molecule is Cc1cc(I)ccc1Nc1c(F)cccc1C(=O)NOCc1cccs1. The third-order valence-electron chi connectivity index (χ3n) is 3.67. The van der Waals surface area contributed by atoms with Crippen molar-refractivity contribution in [1.82, 2.24) is 5.48 Å². The van der Waals surface area contributed by atoms with Gasteiger partial charge < -0.3 is 5.32 Å². The van der Waals surface area contributed by atoms with Gasteiger partial charge in [0.1, 0.15) is 12.4 Å². The fraction of sp³-hybridized carbons (Fsp3) is 0.105. The van der Waals surface area contributed by atoms with Gasteiger partial charge in [0.15, 0.2) is 0 Å². The van der Waals surface area contributed by atoms with Crippen LogP contribution in [0, 0.1) is 16.3 Å². The van der Waals surface area contributed by atoms with Crippen LogP contribution in [0.1, 0.15) is 20.8 Å². The molecule has 0 radical (unpaired) electrons. The number of aryl methyl sites for hydroxylation is 1. The molecule has 0 bridgehead atoms. The number of carbonyl (C=O) groups excluding carboxylic acids is 1. The molecule has 7 heteroatoms. The highest BCUT2D eigenvalue weighted by molar-refractivity contribution is 14.1. The summed E-state index contributed by atoms with van der Waals surface area (Å²) in [5.41, 5.74) is 4.37. The van der Waals surface area contributed by atoms with E-state index in [4.69, 9.17) is 4.84 Å². The molecule has 0 fully saturated rings. The first-order chi connectivity index (χ1) is 12.5. The number of hydrogen-bond acceptors (Lipinski definition) is 4. The number of thiophene rings is 1. The van der Waals surface area contributed by atoms with E-state index in [2.05, 4.69) is 33.4 Å². The van der Waals surface area contributed by atoms with Gasteiger partial charge in [0.2, 0.25) is 0 Å². The zero-order chi connectivity index (χ0) is 18.5. The van der Waals surface area contributed by atoms with Crippen molar-refractivity contribution in [3.8, 4) is 0 Å². The Balaban J connectivity index is 1.76. The summed E-state index contributed by atoms with van der Waals surface area (Å²) in [6.45, 7) is 2.19. The maximum absolute atomic E-state index is 14.4. The van der Waals surface area contributed by atoms with Gasteiger partial charge in [0, 0.05) is 14.1 Å². The van der Waals surface area contributed by atoms with Gasteiger partial charge in [0.25, 0.3) is 5.91 Å². The quantitative estimate of drug-likeness (QED) is 0.365. The average molecular weight is 482 g/mol. The Morgan fingerprint density at radius 3 is 2.81 bits per heavy atom. The smallest absolute Gasteiger partial charge is 0.277 e. The predicted octanol–water partition coefficient (Wildman–Crippen LogP) is 5.41. The number of nitrogens with one attached hydrogen (secondary N) is 2. The minimum absolute atomic E-state index is 0.119. The molecule has 0 atom stereocenters. The fourth-order valence-electron chi connectivity index (χ4n) is 2.36. The summed E-state index contributed by atoms with van der Waals surface area (Å²) in [4.78, 5) is 18.7. The molecule has 0 unspecified atom stereocenters. The first kappa shape index (κ1) is 18.8. The molecule has 3 aromatic rings. The number of hydrogen-bond donors (Lipinski definition) is 2. The van der Waals surface area contributed by atoms with Crippen LogP contribution in [0.3, 0.4) is 0 Å². The van der Waals surface area contributed by atoms with Crippen LogP contribution in [0.2, 0.25) is 0 Å². The van der Waals surface area contributed by atoms with Crippen LogP contribution >= 0.6 is 33.9 Å². The number of rotatable bonds is 6.